The number of aromatic nitrogens is 1. The van der Waals surface area contributed by atoms with Crippen LogP contribution in [0.2, 0.25) is 0 Å². The van der Waals surface area contributed by atoms with Crippen LogP contribution < -0.4 is 5.56 Å². The number of fused-ring (bicyclic) bond motifs is 1. The lowest BCUT2D eigenvalue weighted by atomic mass is 10.1. The highest BCUT2D eigenvalue weighted by molar-refractivity contribution is 5.83. The van der Waals surface area contributed by atoms with Gasteiger partial charge in [-0.05, 0) is 39.6 Å². The van der Waals surface area contributed by atoms with Crippen molar-refractivity contribution in [2.24, 2.45) is 0 Å². The van der Waals surface area contributed by atoms with Crippen molar-refractivity contribution in [3.8, 4) is 11.1 Å². The number of hydrogen-bond acceptors (Lipinski definition) is 1. The van der Waals surface area contributed by atoms with Crippen molar-refractivity contribution in [2.75, 3.05) is 0 Å². The van der Waals surface area contributed by atoms with Gasteiger partial charge >= 0.3 is 0 Å². The van der Waals surface area contributed by atoms with E-state index < -0.39 is 0 Å². The molecule has 0 atom stereocenters. The van der Waals surface area contributed by atoms with Gasteiger partial charge in [-0.25, -0.2) is 0 Å². The van der Waals surface area contributed by atoms with E-state index in [9.17, 15) is 4.79 Å². The first-order valence-electron chi connectivity index (χ1n) is 8.03. The first-order chi connectivity index (χ1) is 11.8. The highest BCUT2D eigenvalue weighted by Gasteiger charge is 2.03. The van der Waals surface area contributed by atoms with Gasteiger partial charge in [0.25, 0.3) is 5.56 Å². The molecule has 24 heavy (non-hydrogen) atoms. The maximum atomic E-state index is 12.2. The number of pyridine rings is 1. The second-order valence-corrected chi connectivity index (χ2v) is 5.93. The third-order valence-electron chi connectivity index (χ3n) is 4.26. The van der Waals surface area contributed by atoms with Crippen LogP contribution in [0, 0.1) is 0 Å². The molecule has 0 aliphatic carbocycles. The molecular weight excluding hydrogens is 294 g/mol. The van der Waals surface area contributed by atoms with Crippen molar-refractivity contribution in [1.29, 1.82) is 0 Å². The summed E-state index contributed by atoms with van der Waals surface area (Å²) in [6.07, 6.45) is 1.94. The number of hydrogen-bond donors (Lipinski definition) is 0. The van der Waals surface area contributed by atoms with Crippen molar-refractivity contribution >= 4 is 10.8 Å². The average molecular weight is 311 g/mol. The molecule has 2 heteroatoms. The Labute approximate surface area is 140 Å². The summed E-state index contributed by atoms with van der Waals surface area (Å²) in [6.45, 7) is 0.574. The first-order valence-corrected chi connectivity index (χ1v) is 8.03. The molecular formula is C22H17NO. The topological polar surface area (TPSA) is 22.0 Å². The summed E-state index contributed by atoms with van der Waals surface area (Å²) in [5.74, 6) is 0. The van der Waals surface area contributed by atoms with E-state index in [0.717, 1.165) is 16.7 Å². The Morgan fingerprint density at radius 2 is 1.42 bits per heavy atom. The minimum absolute atomic E-state index is 0.0165. The van der Waals surface area contributed by atoms with Crippen LogP contribution in [-0.2, 0) is 6.54 Å². The molecule has 0 aliphatic rings. The number of benzene rings is 3. The summed E-state index contributed by atoms with van der Waals surface area (Å²) in [5, 5.41) is 2.41. The monoisotopic (exact) mass is 311 g/mol. The number of rotatable bonds is 3. The molecule has 1 aromatic heterocycles. The molecule has 4 aromatic rings. The molecule has 0 aliphatic heterocycles. The fourth-order valence-electron chi connectivity index (χ4n) is 2.99. The smallest absolute Gasteiger partial charge is 0.250 e. The van der Waals surface area contributed by atoms with E-state index in [-0.39, 0.29) is 5.56 Å². The molecule has 1 heterocycles. The summed E-state index contributed by atoms with van der Waals surface area (Å²) >= 11 is 0. The molecule has 4 rings (SSSR count). The molecule has 0 radical (unpaired) electrons. The van der Waals surface area contributed by atoms with Crippen molar-refractivity contribution < 1.29 is 0 Å². The van der Waals surface area contributed by atoms with E-state index in [1.807, 2.05) is 42.6 Å². The second-order valence-electron chi connectivity index (χ2n) is 5.93. The Kier molecular flexibility index (Phi) is 3.72. The van der Waals surface area contributed by atoms with E-state index in [1.165, 1.54) is 10.8 Å². The third kappa shape index (κ3) is 2.86. The van der Waals surface area contributed by atoms with Crippen LogP contribution in [0.3, 0.4) is 0 Å². The van der Waals surface area contributed by atoms with Crippen LogP contribution in [0.25, 0.3) is 21.9 Å². The Hall–Kier alpha value is -3.13. The molecule has 116 valence electrons. The molecule has 0 spiro atoms. The minimum Gasteiger partial charge on any atom is -0.310 e. The van der Waals surface area contributed by atoms with Gasteiger partial charge in [0.05, 0.1) is 6.54 Å². The zero-order valence-corrected chi connectivity index (χ0v) is 13.2. The van der Waals surface area contributed by atoms with E-state index in [1.54, 1.807) is 10.6 Å². The molecule has 0 saturated carbocycles. The lowest BCUT2D eigenvalue weighted by Gasteiger charge is -2.09. The van der Waals surface area contributed by atoms with Crippen molar-refractivity contribution in [3.05, 3.63) is 107 Å². The van der Waals surface area contributed by atoms with Gasteiger partial charge in [-0.3, -0.25) is 4.79 Å². The largest absolute Gasteiger partial charge is 0.310 e. The van der Waals surface area contributed by atoms with Crippen LogP contribution in [0.5, 0.6) is 0 Å². The number of nitrogens with zero attached hydrogens (tertiary/aromatic N) is 1. The molecule has 0 bridgehead atoms. The van der Waals surface area contributed by atoms with Gasteiger partial charge in [-0.2, -0.15) is 0 Å². The molecule has 0 amide bonds. The maximum Gasteiger partial charge on any atom is 0.250 e. The summed E-state index contributed by atoms with van der Waals surface area (Å²) in [6, 6.07) is 28.3. The third-order valence-corrected chi connectivity index (χ3v) is 4.26. The fraction of sp³-hybridized carbons (Fsp3) is 0.0455. The zero-order chi connectivity index (χ0) is 16.4. The van der Waals surface area contributed by atoms with E-state index >= 15 is 0 Å². The highest BCUT2D eigenvalue weighted by Crippen LogP contribution is 2.19. The Balaban J connectivity index is 1.71. The minimum atomic E-state index is 0.0165. The van der Waals surface area contributed by atoms with Gasteiger partial charge in [0.15, 0.2) is 0 Å². The van der Waals surface area contributed by atoms with Gasteiger partial charge in [0.2, 0.25) is 0 Å². The molecule has 0 unspecified atom stereocenters. The Morgan fingerprint density at radius 3 is 2.25 bits per heavy atom. The standard InChI is InChI=1S/C22H17NO/c24-22-13-12-21(18-6-2-1-3-7-18)16-23(22)15-17-10-11-19-8-4-5-9-20(19)14-17/h1-14,16H,15H2. The summed E-state index contributed by atoms with van der Waals surface area (Å²) in [7, 11) is 0. The second kappa shape index (κ2) is 6.17. The van der Waals surface area contributed by atoms with Gasteiger partial charge in [0.1, 0.15) is 0 Å². The molecule has 3 aromatic carbocycles. The molecule has 0 saturated heterocycles. The molecule has 2 nitrogen and oxygen atoms in total. The lowest BCUT2D eigenvalue weighted by Crippen LogP contribution is -2.19. The Bertz CT molecular complexity index is 1050. The summed E-state index contributed by atoms with van der Waals surface area (Å²) in [4.78, 5) is 12.2. The van der Waals surface area contributed by atoms with E-state index in [2.05, 4.69) is 42.5 Å². The maximum absolute atomic E-state index is 12.2. The van der Waals surface area contributed by atoms with Gasteiger partial charge in [-0.1, -0.05) is 66.7 Å². The van der Waals surface area contributed by atoms with Gasteiger partial charge in [-0.15, -0.1) is 0 Å². The highest BCUT2D eigenvalue weighted by atomic mass is 16.1. The van der Waals surface area contributed by atoms with Crippen LogP contribution in [0.4, 0.5) is 0 Å². The molecule has 0 N–H and O–H groups in total. The van der Waals surface area contributed by atoms with Crippen molar-refractivity contribution in [3.63, 3.8) is 0 Å². The van der Waals surface area contributed by atoms with Crippen molar-refractivity contribution in [1.82, 2.24) is 4.57 Å². The summed E-state index contributed by atoms with van der Waals surface area (Å²) < 4.78 is 1.77. The van der Waals surface area contributed by atoms with E-state index in [0.29, 0.717) is 6.54 Å². The van der Waals surface area contributed by atoms with E-state index in [4.69, 9.17) is 0 Å². The van der Waals surface area contributed by atoms with Crippen molar-refractivity contribution in [2.45, 2.75) is 6.54 Å². The van der Waals surface area contributed by atoms with Gasteiger partial charge < -0.3 is 4.57 Å². The van der Waals surface area contributed by atoms with Crippen LogP contribution >= 0.6 is 0 Å². The first kappa shape index (κ1) is 14.5. The lowest BCUT2D eigenvalue weighted by molar-refractivity contribution is 0.762. The fourth-order valence-corrected chi connectivity index (χ4v) is 2.99. The quantitative estimate of drug-likeness (QED) is 0.537. The predicted octanol–water partition coefficient (Wildman–Crippen LogP) is 4.72. The molecule has 0 fully saturated rings. The van der Waals surface area contributed by atoms with Gasteiger partial charge in [0, 0.05) is 12.3 Å². The average Bonchev–Trinajstić information content (AvgIpc) is 2.64. The van der Waals surface area contributed by atoms with Crippen LogP contribution in [-0.4, -0.2) is 4.57 Å². The van der Waals surface area contributed by atoms with Crippen LogP contribution in [0.15, 0.2) is 95.9 Å². The SMILES string of the molecule is O=c1ccc(-c2ccccc2)cn1Cc1ccc2ccccc2c1. The summed E-state index contributed by atoms with van der Waals surface area (Å²) in [5.41, 5.74) is 3.31. The Morgan fingerprint density at radius 1 is 0.667 bits per heavy atom. The zero-order valence-electron chi connectivity index (χ0n) is 13.2. The predicted molar refractivity (Wildman–Crippen MR) is 99.2 cm³/mol. The normalized spacial score (nSPS) is 10.8. The van der Waals surface area contributed by atoms with Crippen LogP contribution in [0.1, 0.15) is 5.56 Å².